The van der Waals surface area contributed by atoms with Crippen LogP contribution in [0.2, 0.25) is 0 Å². The molecule has 102 valence electrons. The van der Waals surface area contributed by atoms with Crippen molar-refractivity contribution in [3.8, 4) is 0 Å². The summed E-state index contributed by atoms with van der Waals surface area (Å²) in [7, 11) is 3.91. The van der Waals surface area contributed by atoms with Gasteiger partial charge in [0.25, 0.3) is 0 Å². The zero-order chi connectivity index (χ0) is 14.0. The molecule has 1 aliphatic rings. The summed E-state index contributed by atoms with van der Waals surface area (Å²) < 4.78 is 0. The van der Waals surface area contributed by atoms with Crippen molar-refractivity contribution in [1.82, 2.24) is 4.90 Å². The van der Waals surface area contributed by atoms with Gasteiger partial charge in [0.05, 0.1) is 23.5 Å². The van der Waals surface area contributed by atoms with Crippen LogP contribution in [-0.2, 0) is 4.79 Å². The van der Waals surface area contributed by atoms with Crippen molar-refractivity contribution in [2.45, 2.75) is 0 Å². The SMILES string of the molecule is CN(C)CCN1CC(=O)Nc2ccc(C(=O)O)cc21. The molecule has 0 saturated heterocycles. The Bertz CT molecular complexity index is 514. The molecule has 6 heteroatoms. The number of aromatic carboxylic acids is 1. The monoisotopic (exact) mass is 263 g/mol. The molecule has 0 radical (unpaired) electrons. The molecule has 6 nitrogen and oxygen atoms in total. The maximum atomic E-state index is 11.6. The molecule has 0 saturated carbocycles. The second-order valence-electron chi connectivity index (χ2n) is 4.81. The van der Waals surface area contributed by atoms with Gasteiger partial charge in [-0.1, -0.05) is 0 Å². The number of rotatable bonds is 4. The number of carboxylic acids is 1. The summed E-state index contributed by atoms with van der Waals surface area (Å²) in [4.78, 5) is 26.6. The van der Waals surface area contributed by atoms with Crippen LogP contribution in [0.25, 0.3) is 0 Å². The highest BCUT2D eigenvalue weighted by Gasteiger charge is 2.22. The van der Waals surface area contributed by atoms with Gasteiger partial charge in [0.2, 0.25) is 5.91 Å². The van der Waals surface area contributed by atoms with Crippen molar-refractivity contribution in [3.63, 3.8) is 0 Å². The maximum Gasteiger partial charge on any atom is 0.335 e. The lowest BCUT2D eigenvalue weighted by Crippen LogP contribution is -2.41. The van der Waals surface area contributed by atoms with E-state index in [-0.39, 0.29) is 18.0 Å². The Morgan fingerprint density at radius 3 is 2.84 bits per heavy atom. The van der Waals surface area contributed by atoms with Gasteiger partial charge in [-0.3, -0.25) is 4.79 Å². The molecule has 1 amide bonds. The second-order valence-corrected chi connectivity index (χ2v) is 4.81. The normalized spacial score (nSPS) is 14.3. The molecule has 0 aromatic heterocycles. The Labute approximate surface area is 111 Å². The first-order valence-corrected chi connectivity index (χ1v) is 6.04. The number of carbonyl (C=O) groups excluding carboxylic acids is 1. The van der Waals surface area contributed by atoms with E-state index >= 15 is 0 Å². The Morgan fingerprint density at radius 2 is 2.21 bits per heavy atom. The Balaban J connectivity index is 2.30. The lowest BCUT2D eigenvalue weighted by Gasteiger charge is -2.32. The minimum Gasteiger partial charge on any atom is -0.478 e. The average molecular weight is 263 g/mol. The van der Waals surface area contributed by atoms with E-state index in [0.29, 0.717) is 12.2 Å². The minimum atomic E-state index is -0.966. The molecule has 0 aliphatic carbocycles. The molecule has 1 aromatic rings. The topological polar surface area (TPSA) is 72.9 Å². The number of fused-ring (bicyclic) bond motifs is 1. The Kier molecular flexibility index (Phi) is 3.71. The molecule has 0 spiro atoms. The van der Waals surface area contributed by atoms with E-state index in [2.05, 4.69) is 5.32 Å². The fourth-order valence-corrected chi connectivity index (χ4v) is 2.00. The summed E-state index contributed by atoms with van der Waals surface area (Å²) >= 11 is 0. The van der Waals surface area contributed by atoms with Crippen LogP contribution in [0.4, 0.5) is 11.4 Å². The number of hydrogen-bond acceptors (Lipinski definition) is 4. The van der Waals surface area contributed by atoms with Gasteiger partial charge in [-0.05, 0) is 32.3 Å². The summed E-state index contributed by atoms with van der Waals surface area (Å²) in [6.45, 7) is 1.73. The van der Waals surface area contributed by atoms with Gasteiger partial charge in [0.15, 0.2) is 0 Å². The molecule has 1 aliphatic heterocycles. The molecule has 2 N–H and O–H groups in total. The van der Waals surface area contributed by atoms with Crippen LogP contribution in [0.1, 0.15) is 10.4 Å². The zero-order valence-corrected chi connectivity index (χ0v) is 11.0. The van der Waals surface area contributed by atoms with Gasteiger partial charge >= 0.3 is 5.97 Å². The van der Waals surface area contributed by atoms with Gasteiger partial charge in [-0.2, -0.15) is 0 Å². The van der Waals surface area contributed by atoms with Gasteiger partial charge in [0, 0.05) is 13.1 Å². The van der Waals surface area contributed by atoms with Gasteiger partial charge in [-0.25, -0.2) is 4.79 Å². The molecule has 0 atom stereocenters. The summed E-state index contributed by atoms with van der Waals surface area (Å²) in [5, 5.41) is 11.8. The maximum absolute atomic E-state index is 11.6. The van der Waals surface area contributed by atoms with Crippen molar-refractivity contribution >= 4 is 23.3 Å². The fourth-order valence-electron chi connectivity index (χ4n) is 2.00. The van der Waals surface area contributed by atoms with E-state index in [1.807, 2.05) is 23.9 Å². The number of benzene rings is 1. The van der Waals surface area contributed by atoms with Crippen LogP contribution < -0.4 is 10.2 Å². The number of carboxylic acid groups (broad SMARTS) is 1. The first-order valence-electron chi connectivity index (χ1n) is 6.04. The van der Waals surface area contributed by atoms with E-state index < -0.39 is 5.97 Å². The fraction of sp³-hybridized carbons (Fsp3) is 0.385. The van der Waals surface area contributed by atoms with Crippen LogP contribution in [0.5, 0.6) is 0 Å². The molecule has 1 heterocycles. The lowest BCUT2D eigenvalue weighted by atomic mass is 10.1. The standard InChI is InChI=1S/C13H17N3O3/c1-15(2)5-6-16-8-12(17)14-10-4-3-9(13(18)19)7-11(10)16/h3-4,7H,5-6,8H2,1-2H3,(H,14,17)(H,18,19). The number of anilines is 2. The summed E-state index contributed by atoms with van der Waals surface area (Å²) in [5.41, 5.74) is 1.66. The van der Waals surface area contributed by atoms with Crippen LogP contribution >= 0.6 is 0 Å². The summed E-state index contributed by atoms with van der Waals surface area (Å²) in [5.74, 6) is -1.04. The predicted octanol–water partition coefficient (Wildman–Crippen LogP) is 0.705. The van der Waals surface area contributed by atoms with Crippen molar-refractivity contribution in [2.75, 3.05) is 43.9 Å². The number of nitrogens with zero attached hydrogens (tertiary/aromatic N) is 2. The van der Waals surface area contributed by atoms with Crippen LogP contribution in [0.15, 0.2) is 18.2 Å². The minimum absolute atomic E-state index is 0.0747. The molecule has 1 aromatic carbocycles. The van der Waals surface area contributed by atoms with Gasteiger partial charge in [0.1, 0.15) is 0 Å². The van der Waals surface area contributed by atoms with E-state index in [4.69, 9.17) is 5.11 Å². The highest BCUT2D eigenvalue weighted by Crippen LogP contribution is 2.30. The Morgan fingerprint density at radius 1 is 1.47 bits per heavy atom. The van der Waals surface area contributed by atoms with Gasteiger partial charge in [-0.15, -0.1) is 0 Å². The quantitative estimate of drug-likeness (QED) is 0.836. The smallest absolute Gasteiger partial charge is 0.335 e. The van der Waals surface area contributed by atoms with E-state index in [1.54, 1.807) is 12.1 Å². The van der Waals surface area contributed by atoms with Gasteiger partial charge < -0.3 is 20.2 Å². The molecule has 2 rings (SSSR count). The summed E-state index contributed by atoms with van der Waals surface area (Å²) in [6, 6.07) is 4.74. The number of amides is 1. The number of hydrogen-bond donors (Lipinski definition) is 2. The molecular weight excluding hydrogens is 246 g/mol. The molecule has 0 bridgehead atoms. The number of carbonyl (C=O) groups is 2. The third kappa shape index (κ3) is 3.03. The first-order chi connectivity index (χ1) is 8.97. The van der Waals surface area contributed by atoms with Crippen molar-refractivity contribution < 1.29 is 14.7 Å². The molecule has 0 fully saturated rings. The van der Waals surface area contributed by atoms with E-state index in [9.17, 15) is 9.59 Å². The lowest BCUT2D eigenvalue weighted by molar-refractivity contribution is -0.115. The molecular formula is C13H17N3O3. The highest BCUT2D eigenvalue weighted by molar-refractivity contribution is 6.02. The zero-order valence-electron chi connectivity index (χ0n) is 11.0. The Hall–Kier alpha value is -2.08. The highest BCUT2D eigenvalue weighted by atomic mass is 16.4. The predicted molar refractivity (Wildman–Crippen MR) is 72.8 cm³/mol. The largest absolute Gasteiger partial charge is 0.478 e. The molecule has 19 heavy (non-hydrogen) atoms. The second kappa shape index (κ2) is 5.27. The third-order valence-electron chi connectivity index (χ3n) is 3.01. The van der Waals surface area contributed by atoms with Crippen LogP contribution in [-0.4, -0.2) is 55.6 Å². The summed E-state index contributed by atoms with van der Waals surface area (Å²) in [6.07, 6.45) is 0. The molecule has 0 unspecified atom stereocenters. The number of likely N-dealkylation sites (N-methyl/N-ethyl adjacent to an activating group) is 1. The third-order valence-corrected chi connectivity index (χ3v) is 3.01. The first kappa shape index (κ1) is 13.4. The van der Waals surface area contributed by atoms with Crippen LogP contribution in [0.3, 0.4) is 0 Å². The van der Waals surface area contributed by atoms with E-state index in [1.165, 1.54) is 6.07 Å². The van der Waals surface area contributed by atoms with E-state index in [0.717, 1.165) is 12.2 Å². The average Bonchev–Trinajstić information content (AvgIpc) is 2.35. The van der Waals surface area contributed by atoms with Crippen molar-refractivity contribution in [1.29, 1.82) is 0 Å². The van der Waals surface area contributed by atoms with Crippen molar-refractivity contribution in [2.24, 2.45) is 0 Å². The van der Waals surface area contributed by atoms with Crippen LogP contribution in [0, 0.1) is 0 Å². The number of nitrogens with one attached hydrogen (secondary N) is 1. The van der Waals surface area contributed by atoms with Crippen molar-refractivity contribution in [3.05, 3.63) is 23.8 Å².